The summed E-state index contributed by atoms with van der Waals surface area (Å²) < 4.78 is 110. The van der Waals surface area contributed by atoms with E-state index in [-0.39, 0.29) is 159 Å². The molecule has 17 aliphatic rings. The molecule has 0 aromatic rings. The lowest BCUT2D eigenvalue weighted by Crippen LogP contribution is -2.62. The van der Waals surface area contributed by atoms with E-state index in [0.717, 1.165) is 49.7 Å². The number of aliphatic hydroxyl groups is 2. The Morgan fingerprint density at radius 3 is 1.99 bits per heavy atom. The van der Waals surface area contributed by atoms with Crippen LogP contribution in [0.2, 0.25) is 0 Å². The molecular weight excluding hydrogens is 1040 g/mol. The monoisotopic (exact) mass is 1120 g/mol. The molecule has 12 bridgehead atoms. The molecule has 17 rings (SSSR count). The van der Waals surface area contributed by atoms with Gasteiger partial charge in [0.15, 0.2) is 17.4 Å². The third-order valence-electron chi connectivity index (χ3n) is 22.6. The summed E-state index contributed by atoms with van der Waals surface area (Å²) in [6.45, 7) is 17.6. The van der Waals surface area contributed by atoms with Gasteiger partial charge in [-0.2, -0.15) is 0 Å². The maximum absolute atomic E-state index is 14.6. The van der Waals surface area contributed by atoms with Crippen molar-refractivity contribution in [2.75, 3.05) is 6.61 Å². The summed E-state index contributed by atoms with van der Waals surface area (Å²) in [6.07, 6.45) is 4.03. The summed E-state index contributed by atoms with van der Waals surface area (Å²) in [4.78, 5) is 14.6. The maximum atomic E-state index is 14.6. The van der Waals surface area contributed by atoms with Crippen LogP contribution in [-0.2, 0) is 80.6 Å². The van der Waals surface area contributed by atoms with Crippen molar-refractivity contribution in [1.82, 2.24) is 0 Å². The van der Waals surface area contributed by atoms with Gasteiger partial charge in [-0.15, -0.1) is 0 Å². The quantitative estimate of drug-likeness (QED) is 0.265. The molecular formula is C61H86O19. The Hall–Kier alpha value is -1.73. The van der Waals surface area contributed by atoms with Gasteiger partial charge >= 0.3 is 5.97 Å². The van der Waals surface area contributed by atoms with Crippen LogP contribution >= 0.6 is 0 Å². The summed E-state index contributed by atoms with van der Waals surface area (Å²) in [6, 6.07) is 0. The second-order valence-corrected chi connectivity index (χ2v) is 28.1. The van der Waals surface area contributed by atoms with E-state index >= 15 is 0 Å². The van der Waals surface area contributed by atoms with E-state index in [0.29, 0.717) is 70.6 Å². The average molecular weight is 1120 g/mol. The molecule has 80 heavy (non-hydrogen) atoms. The molecule has 444 valence electrons. The molecule has 19 nitrogen and oxygen atoms in total. The highest BCUT2D eigenvalue weighted by atomic mass is 16.8. The largest absolute Gasteiger partial charge is 0.459 e. The fourth-order valence-electron chi connectivity index (χ4n) is 18.8. The van der Waals surface area contributed by atoms with Crippen LogP contribution in [0.25, 0.3) is 0 Å². The smallest absolute Gasteiger partial charge is 0.308 e. The molecule has 0 saturated carbocycles. The Kier molecular flexibility index (Phi) is 13.4. The third kappa shape index (κ3) is 8.99. The number of carbonyl (C=O) groups excluding carboxylic acids is 1. The summed E-state index contributed by atoms with van der Waals surface area (Å²) >= 11 is 0. The lowest BCUT2D eigenvalue weighted by Gasteiger charge is -2.54. The number of hydrogen-bond donors (Lipinski definition) is 2. The van der Waals surface area contributed by atoms with Crippen LogP contribution in [0.5, 0.6) is 0 Å². The Labute approximate surface area is 469 Å². The zero-order valence-corrected chi connectivity index (χ0v) is 47.0. The maximum Gasteiger partial charge on any atom is 0.308 e. The average Bonchev–Trinajstić information content (AvgIpc) is 4.46. The van der Waals surface area contributed by atoms with Gasteiger partial charge in [-0.1, -0.05) is 40.9 Å². The van der Waals surface area contributed by atoms with Gasteiger partial charge in [-0.05, 0) is 73.8 Å². The molecule has 17 aliphatic heterocycles. The first kappa shape index (κ1) is 53.7. The molecule has 17 heterocycles. The van der Waals surface area contributed by atoms with Crippen LogP contribution in [0, 0.1) is 23.7 Å². The Balaban J connectivity index is 0.628. The molecule has 17 fully saturated rings. The van der Waals surface area contributed by atoms with E-state index in [1.54, 1.807) is 0 Å². The molecule has 2 N–H and O–H groups in total. The van der Waals surface area contributed by atoms with Gasteiger partial charge in [-0.3, -0.25) is 4.79 Å². The highest BCUT2D eigenvalue weighted by molar-refractivity contribution is 5.70. The van der Waals surface area contributed by atoms with Gasteiger partial charge in [0, 0.05) is 70.1 Å². The first-order chi connectivity index (χ1) is 38.6. The van der Waals surface area contributed by atoms with E-state index < -0.39 is 60.1 Å². The standard InChI is InChI=1S/C61H86O19/c1-26-13-32-7-9-36-27(2)14-34(65-36)11-12-59-23-47-55(79-59)56-57(73-47)58(80-59)54-37(70-56)10-8-33(67-54)15-49(64)74-53-31(6)52-44(69-43(53)16-38(66-32)30(26)5)19-42-46(72-52)22-61(75-42)24-48-51(78-61)29(4)21-60(77-48)20-28(3)50-45(76-60)18-40-41(71-50)17-39(68-40)35(63)25-62/h26,28-29,31-48,50-58,62-63H,2,5,7-25H2,1,3-4,6H3/t26-,28+,29+,31+,32+,33-,34+,35+,36+,37+,38?,39+,40-,41-,42-,43+,44+,45+,46-,47?,48+,50?,51+,52+,53-,54+,55-,56?,57?,58+,59+,60-,61-/m1/s1. The highest BCUT2D eigenvalue weighted by Gasteiger charge is 2.70. The van der Waals surface area contributed by atoms with Crippen molar-refractivity contribution in [3.05, 3.63) is 24.3 Å². The predicted octanol–water partition coefficient (Wildman–Crippen LogP) is 5.33. The van der Waals surface area contributed by atoms with E-state index in [1.165, 1.54) is 0 Å². The van der Waals surface area contributed by atoms with Crippen molar-refractivity contribution in [1.29, 1.82) is 0 Å². The van der Waals surface area contributed by atoms with Crippen LogP contribution in [0.4, 0.5) is 0 Å². The number of aliphatic hydroxyl groups excluding tert-OH is 2. The molecule has 0 aliphatic carbocycles. The minimum atomic E-state index is -0.941. The van der Waals surface area contributed by atoms with Gasteiger partial charge in [0.2, 0.25) is 0 Å². The topological polar surface area (TPSA) is 205 Å². The Morgan fingerprint density at radius 2 is 1.12 bits per heavy atom. The molecule has 19 heteroatoms. The van der Waals surface area contributed by atoms with Crippen molar-refractivity contribution in [2.45, 2.75) is 319 Å². The van der Waals surface area contributed by atoms with Crippen LogP contribution in [0.1, 0.15) is 143 Å². The van der Waals surface area contributed by atoms with Crippen molar-refractivity contribution in [2.24, 2.45) is 23.7 Å². The van der Waals surface area contributed by atoms with E-state index in [1.807, 2.05) is 0 Å². The molecule has 3 spiro atoms. The van der Waals surface area contributed by atoms with Crippen molar-refractivity contribution < 1.29 is 90.8 Å². The third-order valence-corrected chi connectivity index (χ3v) is 22.6. The SMILES string of the molecule is C=C1C2C[C@@H]3O[C@H]4C[C@H]5O[C@]6(C[C@@H]7O[C@]8(C[C@H](C)C9O[C@@H]%10C[C@@H]([C@@H](O)CO)O[C@@H]%10C[C@@H]9O8)C[C@H](C)[C@@H]7O6)C[C@H]5O[C@H]4[C@H](C)[C@H]3OC(=O)C[C@H]3CC[C@@H]4OC5C6OC7C[C@@](CC[C@H]8CC(=C)[C@H](CC[C@@H](C[C@H]1C)O2)O8)(O[C@H]75)O[C@H]6[C@H]4O3. The normalized spacial score (nSPS) is 58.9. The van der Waals surface area contributed by atoms with Crippen molar-refractivity contribution in [3.63, 3.8) is 0 Å². The Morgan fingerprint density at radius 1 is 0.475 bits per heavy atom. The number of hydrogen-bond acceptors (Lipinski definition) is 19. The fraction of sp³-hybridized carbons (Fsp3) is 0.918. The zero-order valence-electron chi connectivity index (χ0n) is 47.0. The van der Waals surface area contributed by atoms with Gasteiger partial charge in [0.05, 0.1) is 129 Å². The lowest BCUT2D eigenvalue weighted by molar-refractivity contribution is -0.369. The second-order valence-electron chi connectivity index (χ2n) is 28.1. The molecule has 33 atom stereocenters. The van der Waals surface area contributed by atoms with Crippen LogP contribution in [0.3, 0.4) is 0 Å². The summed E-state index contributed by atoms with van der Waals surface area (Å²) in [5.41, 5.74) is 2.16. The minimum absolute atomic E-state index is 0.0140. The number of rotatable bonds is 2. The molecule has 0 aromatic carbocycles. The molecule has 0 aromatic heterocycles. The van der Waals surface area contributed by atoms with Gasteiger partial charge in [-0.25, -0.2) is 0 Å². The number of esters is 1. The van der Waals surface area contributed by atoms with Crippen molar-refractivity contribution >= 4 is 5.97 Å². The molecule has 17 saturated heterocycles. The molecule has 5 unspecified atom stereocenters. The van der Waals surface area contributed by atoms with Crippen LogP contribution in [0.15, 0.2) is 24.3 Å². The van der Waals surface area contributed by atoms with Gasteiger partial charge in [0.1, 0.15) is 42.7 Å². The molecule has 0 amide bonds. The van der Waals surface area contributed by atoms with E-state index in [9.17, 15) is 15.0 Å². The highest BCUT2D eigenvalue weighted by Crippen LogP contribution is 2.58. The first-order valence-corrected chi connectivity index (χ1v) is 31.4. The number of fused-ring (bicyclic) bond motifs is 11. The Bertz CT molecular complexity index is 2410. The summed E-state index contributed by atoms with van der Waals surface area (Å²) in [5, 5.41) is 20.0. The lowest BCUT2D eigenvalue weighted by atomic mass is 9.78. The van der Waals surface area contributed by atoms with E-state index in [2.05, 4.69) is 40.9 Å². The minimum Gasteiger partial charge on any atom is -0.459 e. The van der Waals surface area contributed by atoms with Crippen molar-refractivity contribution in [3.8, 4) is 0 Å². The van der Waals surface area contributed by atoms with Gasteiger partial charge < -0.3 is 86.0 Å². The zero-order chi connectivity index (χ0) is 54.3. The number of carbonyl (C=O) groups is 1. The number of ether oxygens (including phenoxy) is 16. The summed E-state index contributed by atoms with van der Waals surface area (Å²) in [5.74, 6) is -2.60. The van der Waals surface area contributed by atoms with E-state index in [4.69, 9.17) is 75.8 Å². The predicted molar refractivity (Wildman–Crippen MR) is 276 cm³/mol. The van der Waals surface area contributed by atoms with Crippen LogP contribution < -0.4 is 0 Å². The fourth-order valence-corrected chi connectivity index (χ4v) is 18.8. The van der Waals surface area contributed by atoms with Crippen LogP contribution in [-0.4, -0.2) is 199 Å². The summed E-state index contributed by atoms with van der Waals surface area (Å²) in [7, 11) is 0. The first-order valence-electron chi connectivity index (χ1n) is 31.4. The van der Waals surface area contributed by atoms with Gasteiger partial charge in [0.25, 0.3) is 0 Å². The molecule has 0 radical (unpaired) electrons. The second kappa shape index (κ2) is 19.9.